The number of carbonyl (C=O) groups is 2. The summed E-state index contributed by atoms with van der Waals surface area (Å²) in [7, 11) is 0. The molecule has 28 heavy (non-hydrogen) atoms. The van der Waals surface area contributed by atoms with Crippen molar-refractivity contribution in [1.82, 2.24) is 4.98 Å². The predicted octanol–water partition coefficient (Wildman–Crippen LogP) is 3.16. The van der Waals surface area contributed by atoms with Crippen molar-refractivity contribution < 1.29 is 14.3 Å². The zero-order valence-corrected chi connectivity index (χ0v) is 16.5. The average Bonchev–Trinajstić information content (AvgIpc) is 2.68. The molecule has 7 nitrogen and oxygen atoms in total. The topological polar surface area (TPSA) is 83.6 Å². The van der Waals surface area contributed by atoms with E-state index in [9.17, 15) is 9.59 Å². The van der Waals surface area contributed by atoms with Crippen LogP contribution >= 0.6 is 0 Å². The van der Waals surface area contributed by atoms with Gasteiger partial charge < -0.3 is 20.3 Å². The number of benzene rings is 1. The van der Waals surface area contributed by atoms with Crippen molar-refractivity contribution >= 4 is 29.0 Å². The number of hydrogen-bond donors (Lipinski definition) is 2. The molecule has 1 aliphatic rings. The lowest BCUT2D eigenvalue weighted by atomic mass is 9.95. The smallest absolute Gasteiger partial charge is 0.257 e. The van der Waals surface area contributed by atoms with Crippen LogP contribution in [0.1, 0.15) is 31.1 Å². The van der Waals surface area contributed by atoms with Gasteiger partial charge in [0.2, 0.25) is 5.91 Å². The van der Waals surface area contributed by atoms with E-state index in [0.29, 0.717) is 30.2 Å². The van der Waals surface area contributed by atoms with E-state index in [-0.39, 0.29) is 11.8 Å². The van der Waals surface area contributed by atoms with E-state index >= 15 is 0 Å². The molecule has 3 rings (SSSR count). The first-order chi connectivity index (χ1) is 13.3. The van der Waals surface area contributed by atoms with E-state index in [1.807, 2.05) is 26.8 Å². The first-order valence-electron chi connectivity index (χ1n) is 9.34. The van der Waals surface area contributed by atoms with Crippen molar-refractivity contribution in [1.29, 1.82) is 0 Å². The van der Waals surface area contributed by atoms with Gasteiger partial charge in [0.15, 0.2) is 0 Å². The first kappa shape index (κ1) is 19.8. The lowest BCUT2D eigenvalue weighted by Crippen LogP contribution is -2.36. The number of aromatic nitrogens is 1. The second-order valence-electron chi connectivity index (χ2n) is 7.74. The largest absolute Gasteiger partial charge is 0.378 e. The van der Waals surface area contributed by atoms with Crippen LogP contribution in [-0.4, -0.2) is 43.1 Å². The minimum absolute atomic E-state index is 0.0844. The van der Waals surface area contributed by atoms with Gasteiger partial charge in [-0.2, -0.15) is 0 Å². The Kier molecular flexibility index (Phi) is 5.94. The molecule has 2 aromatic rings. The van der Waals surface area contributed by atoms with Crippen LogP contribution in [0.25, 0.3) is 0 Å². The second kappa shape index (κ2) is 8.39. The van der Waals surface area contributed by atoms with Gasteiger partial charge in [0.05, 0.1) is 18.8 Å². The molecule has 1 fully saturated rings. The van der Waals surface area contributed by atoms with Crippen LogP contribution in [0.5, 0.6) is 0 Å². The van der Waals surface area contributed by atoms with E-state index < -0.39 is 5.41 Å². The van der Waals surface area contributed by atoms with Gasteiger partial charge in [-0.3, -0.25) is 9.59 Å². The van der Waals surface area contributed by atoms with Crippen LogP contribution in [0.2, 0.25) is 0 Å². The highest BCUT2D eigenvalue weighted by molar-refractivity contribution is 6.04. The Morgan fingerprint density at radius 2 is 1.71 bits per heavy atom. The summed E-state index contributed by atoms with van der Waals surface area (Å²) in [6.07, 6.45) is 1.57. The quantitative estimate of drug-likeness (QED) is 0.849. The molecular weight excluding hydrogens is 356 g/mol. The zero-order valence-electron chi connectivity index (χ0n) is 16.5. The lowest BCUT2D eigenvalue weighted by Gasteiger charge is -2.27. The summed E-state index contributed by atoms with van der Waals surface area (Å²) in [6, 6.07) is 10.7. The molecule has 2 N–H and O–H groups in total. The summed E-state index contributed by atoms with van der Waals surface area (Å²) in [5, 5.41) is 5.71. The van der Waals surface area contributed by atoms with Crippen LogP contribution < -0.4 is 15.5 Å². The van der Waals surface area contributed by atoms with Gasteiger partial charge in [0.1, 0.15) is 5.82 Å². The van der Waals surface area contributed by atoms with Gasteiger partial charge in [0, 0.05) is 36.1 Å². The Balaban J connectivity index is 1.64. The molecular formula is C21H26N4O3. The zero-order chi connectivity index (χ0) is 20.1. The maximum Gasteiger partial charge on any atom is 0.257 e. The first-order valence-corrected chi connectivity index (χ1v) is 9.34. The Morgan fingerprint density at radius 1 is 1.04 bits per heavy atom. The third-order valence-electron chi connectivity index (χ3n) is 4.40. The Morgan fingerprint density at radius 3 is 2.32 bits per heavy atom. The maximum absolute atomic E-state index is 12.5. The number of anilines is 3. The normalized spacial score (nSPS) is 14.5. The Labute approximate surface area is 165 Å². The highest BCUT2D eigenvalue weighted by Crippen LogP contribution is 2.21. The number of morpholine rings is 1. The molecule has 1 saturated heterocycles. The standard InChI is InChI=1S/C21H26N4O3/c1-21(2,3)20(27)24-17-6-4-5-16(13-17)23-19(26)15-7-8-18(22-14-15)25-9-11-28-12-10-25/h4-8,13-14H,9-12H2,1-3H3,(H,23,26)(H,24,27). The van der Waals surface area contributed by atoms with Crippen LogP contribution in [0.3, 0.4) is 0 Å². The summed E-state index contributed by atoms with van der Waals surface area (Å²) in [5.41, 5.74) is 1.22. The summed E-state index contributed by atoms with van der Waals surface area (Å²) < 4.78 is 5.34. The fourth-order valence-corrected chi connectivity index (χ4v) is 2.70. The predicted molar refractivity (Wildman–Crippen MR) is 110 cm³/mol. The number of rotatable bonds is 4. The van der Waals surface area contributed by atoms with E-state index in [0.717, 1.165) is 18.9 Å². The molecule has 0 spiro atoms. The molecule has 1 aliphatic heterocycles. The Bertz CT molecular complexity index is 837. The summed E-state index contributed by atoms with van der Waals surface area (Å²) in [6.45, 7) is 8.51. The molecule has 1 aromatic carbocycles. The SMILES string of the molecule is CC(C)(C)C(=O)Nc1cccc(NC(=O)c2ccc(N3CCOCC3)nc2)c1. The molecule has 148 valence electrons. The second-order valence-corrected chi connectivity index (χ2v) is 7.74. The van der Waals surface area contributed by atoms with Crippen molar-refractivity contribution in [2.75, 3.05) is 41.8 Å². The van der Waals surface area contributed by atoms with Gasteiger partial charge in [-0.25, -0.2) is 4.98 Å². The fourth-order valence-electron chi connectivity index (χ4n) is 2.70. The van der Waals surface area contributed by atoms with Gasteiger partial charge in [-0.05, 0) is 30.3 Å². The van der Waals surface area contributed by atoms with Crippen LogP contribution in [0.4, 0.5) is 17.2 Å². The molecule has 7 heteroatoms. The van der Waals surface area contributed by atoms with E-state index in [2.05, 4.69) is 20.5 Å². The van der Waals surface area contributed by atoms with Crippen molar-refractivity contribution in [3.8, 4) is 0 Å². The van der Waals surface area contributed by atoms with E-state index in [1.54, 1.807) is 36.5 Å². The van der Waals surface area contributed by atoms with Crippen molar-refractivity contribution in [2.24, 2.45) is 5.41 Å². The number of hydrogen-bond acceptors (Lipinski definition) is 5. The van der Waals surface area contributed by atoms with Crippen LogP contribution in [-0.2, 0) is 9.53 Å². The molecule has 0 saturated carbocycles. The van der Waals surface area contributed by atoms with Gasteiger partial charge >= 0.3 is 0 Å². The molecule has 0 bridgehead atoms. The third kappa shape index (κ3) is 5.07. The number of ether oxygens (including phenoxy) is 1. The molecule has 2 heterocycles. The molecule has 2 amide bonds. The van der Waals surface area contributed by atoms with Crippen LogP contribution in [0.15, 0.2) is 42.6 Å². The highest BCUT2D eigenvalue weighted by Gasteiger charge is 2.21. The molecule has 0 atom stereocenters. The summed E-state index contributed by atoms with van der Waals surface area (Å²) in [5.74, 6) is 0.506. The number of carbonyl (C=O) groups excluding carboxylic acids is 2. The number of nitrogens with zero attached hydrogens (tertiary/aromatic N) is 2. The van der Waals surface area contributed by atoms with Crippen molar-refractivity contribution in [2.45, 2.75) is 20.8 Å². The average molecular weight is 382 g/mol. The fraction of sp³-hybridized carbons (Fsp3) is 0.381. The maximum atomic E-state index is 12.5. The van der Waals surface area contributed by atoms with Gasteiger partial charge in [-0.1, -0.05) is 26.8 Å². The lowest BCUT2D eigenvalue weighted by molar-refractivity contribution is -0.123. The van der Waals surface area contributed by atoms with Crippen LogP contribution in [0, 0.1) is 5.41 Å². The molecule has 0 aliphatic carbocycles. The van der Waals surface area contributed by atoms with Gasteiger partial charge in [-0.15, -0.1) is 0 Å². The van der Waals surface area contributed by atoms with Crippen molar-refractivity contribution in [3.05, 3.63) is 48.2 Å². The molecule has 1 aromatic heterocycles. The summed E-state index contributed by atoms with van der Waals surface area (Å²) >= 11 is 0. The van der Waals surface area contributed by atoms with Gasteiger partial charge in [0.25, 0.3) is 5.91 Å². The number of pyridine rings is 1. The minimum atomic E-state index is -0.493. The van der Waals surface area contributed by atoms with E-state index in [1.165, 1.54) is 0 Å². The Hall–Kier alpha value is -2.93. The minimum Gasteiger partial charge on any atom is -0.378 e. The third-order valence-corrected chi connectivity index (χ3v) is 4.40. The number of amides is 2. The monoisotopic (exact) mass is 382 g/mol. The number of nitrogens with one attached hydrogen (secondary N) is 2. The molecule has 0 unspecified atom stereocenters. The molecule has 0 radical (unpaired) electrons. The van der Waals surface area contributed by atoms with Crippen molar-refractivity contribution in [3.63, 3.8) is 0 Å². The highest BCUT2D eigenvalue weighted by atomic mass is 16.5. The summed E-state index contributed by atoms with van der Waals surface area (Å²) in [4.78, 5) is 31.2. The van der Waals surface area contributed by atoms with E-state index in [4.69, 9.17) is 4.74 Å².